The second kappa shape index (κ2) is 1.58. The molecule has 0 spiro atoms. The van der Waals surface area contributed by atoms with Gasteiger partial charge in [0.05, 0.1) is 6.61 Å². The Morgan fingerprint density at radius 3 is 2.62 bits per heavy atom. The van der Waals surface area contributed by atoms with Crippen LogP contribution in [0, 0.1) is 11.8 Å². The van der Waals surface area contributed by atoms with Crippen LogP contribution < -0.4 is 0 Å². The Morgan fingerprint density at radius 1 is 1.62 bits per heavy atom. The van der Waals surface area contributed by atoms with Crippen molar-refractivity contribution >= 4 is 22.6 Å². The summed E-state index contributed by atoms with van der Waals surface area (Å²) in [5, 5.41) is 8.98. The van der Waals surface area contributed by atoms with Crippen molar-refractivity contribution in [1.29, 1.82) is 0 Å². The molecule has 0 bridgehead atoms. The Balaban J connectivity index is 2.07. The molecule has 2 aliphatic rings. The van der Waals surface area contributed by atoms with Crippen LogP contribution in [0.25, 0.3) is 0 Å². The molecule has 46 valence electrons. The Bertz CT molecular complexity index is 115. The Hall–Kier alpha value is 0.650. The first-order valence-electron chi connectivity index (χ1n) is 2.74. The van der Waals surface area contributed by atoms with E-state index in [4.69, 9.17) is 9.84 Å². The summed E-state index contributed by atoms with van der Waals surface area (Å²) in [5.74, 6) is 1.14. The van der Waals surface area contributed by atoms with Gasteiger partial charge in [-0.1, -0.05) is 22.6 Å². The summed E-state index contributed by atoms with van der Waals surface area (Å²) in [6.45, 7) is 0.777. The largest absolute Gasteiger partial charge is 0.368 e. The van der Waals surface area contributed by atoms with Crippen molar-refractivity contribution in [1.82, 2.24) is 0 Å². The Kier molecular flexibility index (Phi) is 1.07. The molecule has 2 rings (SSSR count). The lowest BCUT2D eigenvalue weighted by Crippen LogP contribution is -2.11. The molecule has 0 aromatic heterocycles. The molecule has 2 nitrogen and oxygen atoms in total. The van der Waals surface area contributed by atoms with Crippen LogP contribution in [0.3, 0.4) is 0 Å². The monoisotopic (exact) mass is 226 g/mol. The molecule has 4 unspecified atom stereocenters. The average Bonchev–Trinajstić information content (AvgIpc) is 2.13. The van der Waals surface area contributed by atoms with Gasteiger partial charge in [0.1, 0.15) is 0 Å². The van der Waals surface area contributed by atoms with Crippen LogP contribution in [0.5, 0.6) is 0 Å². The van der Waals surface area contributed by atoms with E-state index in [-0.39, 0.29) is 0 Å². The third-order valence-electron chi connectivity index (χ3n) is 1.92. The van der Waals surface area contributed by atoms with E-state index in [2.05, 4.69) is 22.6 Å². The summed E-state index contributed by atoms with van der Waals surface area (Å²) in [7, 11) is 0. The molecule has 0 aromatic carbocycles. The van der Waals surface area contributed by atoms with Gasteiger partial charge in [-0.05, 0) is 0 Å². The predicted molar refractivity (Wildman–Crippen MR) is 36.7 cm³/mol. The molecular weight excluding hydrogens is 219 g/mol. The lowest BCUT2D eigenvalue weighted by molar-refractivity contribution is -0.0803. The summed E-state index contributed by atoms with van der Waals surface area (Å²) < 4.78 is 5.63. The van der Waals surface area contributed by atoms with Crippen LogP contribution >= 0.6 is 22.6 Å². The summed E-state index contributed by atoms with van der Waals surface area (Å²) in [6.07, 6.45) is -0.443. The van der Waals surface area contributed by atoms with E-state index in [1.54, 1.807) is 0 Å². The van der Waals surface area contributed by atoms with Crippen molar-refractivity contribution in [2.24, 2.45) is 11.8 Å². The fourth-order valence-corrected chi connectivity index (χ4v) is 2.59. The van der Waals surface area contributed by atoms with Gasteiger partial charge in [-0.25, -0.2) is 0 Å². The minimum atomic E-state index is -0.443. The number of hydrogen-bond donors (Lipinski definition) is 1. The minimum Gasteiger partial charge on any atom is -0.368 e. The minimum absolute atomic E-state index is 0.443. The first kappa shape index (κ1) is 5.44. The molecule has 0 radical (unpaired) electrons. The maximum atomic E-state index is 8.98. The van der Waals surface area contributed by atoms with E-state index < -0.39 is 6.29 Å². The van der Waals surface area contributed by atoms with Gasteiger partial charge in [-0.2, -0.15) is 0 Å². The van der Waals surface area contributed by atoms with Crippen LogP contribution in [-0.4, -0.2) is 21.9 Å². The molecule has 1 aliphatic heterocycles. The summed E-state index contributed by atoms with van der Waals surface area (Å²) in [4.78, 5) is 0. The fraction of sp³-hybridized carbons (Fsp3) is 1.00. The zero-order chi connectivity index (χ0) is 5.72. The standard InChI is InChI=1S/C5H7IO2/c6-4-2-1-8-5(7)3(2)4/h2-5,7H,1H2. The highest BCUT2D eigenvalue weighted by molar-refractivity contribution is 14.1. The molecule has 3 heteroatoms. The molecule has 4 atom stereocenters. The van der Waals surface area contributed by atoms with Gasteiger partial charge in [0.25, 0.3) is 0 Å². The van der Waals surface area contributed by atoms with Gasteiger partial charge in [0, 0.05) is 15.8 Å². The van der Waals surface area contributed by atoms with Crippen molar-refractivity contribution in [2.75, 3.05) is 6.61 Å². The number of rotatable bonds is 0. The molecular formula is C5H7IO2. The van der Waals surface area contributed by atoms with Crippen molar-refractivity contribution in [3.05, 3.63) is 0 Å². The van der Waals surface area contributed by atoms with Gasteiger partial charge in [-0.3, -0.25) is 0 Å². The SMILES string of the molecule is OC1OCC2C(I)C12. The van der Waals surface area contributed by atoms with Crippen LogP contribution in [0.1, 0.15) is 0 Å². The molecule has 2 fully saturated rings. The summed E-state index contributed by atoms with van der Waals surface area (Å²) >= 11 is 2.37. The van der Waals surface area contributed by atoms with Gasteiger partial charge >= 0.3 is 0 Å². The lowest BCUT2D eigenvalue weighted by atomic mass is 10.4. The van der Waals surface area contributed by atoms with Crippen LogP contribution in [-0.2, 0) is 4.74 Å². The van der Waals surface area contributed by atoms with E-state index in [0.717, 1.165) is 6.61 Å². The second-order valence-electron chi connectivity index (χ2n) is 2.41. The maximum Gasteiger partial charge on any atom is 0.158 e. The van der Waals surface area contributed by atoms with Gasteiger partial charge in [-0.15, -0.1) is 0 Å². The van der Waals surface area contributed by atoms with Crippen LogP contribution in [0.2, 0.25) is 0 Å². The topological polar surface area (TPSA) is 29.5 Å². The molecule has 1 saturated carbocycles. The molecule has 0 amide bonds. The molecule has 1 saturated heterocycles. The van der Waals surface area contributed by atoms with Gasteiger partial charge in [0.2, 0.25) is 0 Å². The zero-order valence-corrected chi connectivity index (χ0v) is 6.41. The molecule has 8 heavy (non-hydrogen) atoms. The van der Waals surface area contributed by atoms with Crippen LogP contribution in [0.15, 0.2) is 0 Å². The Morgan fingerprint density at radius 2 is 2.38 bits per heavy atom. The normalized spacial score (nSPS) is 60.8. The van der Waals surface area contributed by atoms with E-state index >= 15 is 0 Å². The molecule has 1 heterocycles. The first-order valence-corrected chi connectivity index (χ1v) is 3.99. The smallest absolute Gasteiger partial charge is 0.158 e. The number of aliphatic hydroxyl groups is 1. The van der Waals surface area contributed by atoms with Crippen molar-refractivity contribution < 1.29 is 9.84 Å². The summed E-state index contributed by atoms with van der Waals surface area (Å²) in [6, 6.07) is 0. The van der Waals surface area contributed by atoms with Gasteiger partial charge in [0.15, 0.2) is 6.29 Å². The molecule has 0 aromatic rings. The van der Waals surface area contributed by atoms with Crippen molar-refractivity contribution in [2.45, 2.75) is 10.2 Å². The number of ether oxygens (including phenoxy) is 1. The van der Waals surface area contributed by atoms with E-state index in [1.165, 1.54) is 0 Å². The third kappa shape index (κ3) is 0.550. The second-order valence-corrected chi connectivity index (χ2v) is 3.85. The quantitative estimate of drug-likeness (QED) is 0.478. The average molecular weight is 226 g/mol. The predicted octanol–water partition coefficient (Wildman–Crippen LogP) is 0.385. The Labute approximate surface area is 61.4 Å². The van der Waals surface area contributed by atoms with E-state index in [0.29, 0.717) is 15.8 Å². The number of hydrogen-bond acceptors (Lipinski definition) is 2. The van der Waals surface area contributed by atoms with Crippen molar-refractivity contribution in [3.63, 3.8) is 0 Å². The first-order chi connectivity index (χ1) is 3.80. The zero-order valence-electron chi connectivity index (χ0n) is 4.25. The molecule has 1 aliphatic carbocycles. The highest BCUT2D eigenvalue weighted by atomic mass is 127. The number of alkyl halides is 1. The molecule has 1 N–H and O–H groups in total. The summed E-state index contributed by atoms with van der Waals surface area (Å²) in [5.41, 5.74) is 0. The van der Waals surface area contributed by atoms with Crippen molar-refractivity contribution in [3.8, 4) is 0 Å². The van der Waals surface area contributed by atoms with E-state index in [9.17, 15) is 0 Å². The fourth-order valence-electron chi connectivity index (χ4n) is 1.25. The highest BCUT2D eigenvalue weighted by Gasteiger charge is 2.57. The lowest BCUT2D eigenvalue weighted by Gasteiger charge is -2.03. The number of aliphatic hydroxyl groups excluding tert-OH is 1. The number of halogens is 1. The van der Waals surface area contributed by atoms with Gasteiger partial charge < -0.3 is 9.84 Å². The van der Waals surface area contributed by atoms with Crippen LogP contribution in [0.4, 0.5) is 0 Å². The maximum absolute atomic E-state index is 8.98. The van der Waals surface area contributed by atoms with E-state index in [1.807, 2.05) is 0 Å². The highest BCUT2D eigenvalue weighted by Crippen LogP contribution is 2.52. The third-order valence-corrected chi connectivity index (χ3v) is 3.67. The number of fused-ring (bicyclic) bond motifs is 1.